The standard InChI is InChI=1S/C11H17N3O2/c1-8(2)4-9-5-10(13-7-12-9)14(3)6-11(15)16/h5,7-8H,4,6H2,1-3H3,(H,15,16). The number of carbonyl (C=O) groups is 1. The first kappa shape index (κ1) is 12.4. The molecule has 1 rings (SSSR count). The largest absolute Gasteiger partial charge is 0.480 e. The molecule has 0 fully saturated rings. The maximum absolute atomic E-state index is 10.6. The van der Waals surface area contributed by atoms with Crippen molar-refractivity contribution in [2.24, 2.45) is 5.92 Å². The molecule has 88 valence electrons. The molecule has 1 heterocycles. The first-order chi connectivity index (χ1) is 7.49. The highest BCUT2D eigenvalue weighted by atomic mass is 16.4. The molecule has 5 heteroatoms. The van der Waals surface area contributed by atoms with E-state index in [0.717, 1.165) is 12.1 Å². The van der Waals surface area contributed by atoms with Gasteiger partial charge in [0.2, 0.25) is 0 Å². The number of likely N-dealkylation sites (N-methyl/N-ethyl adjacent to an activating group) is 1. The summed E-state index contributed by atoms with van der Waals surface area (Å²) in [6.07, 6.45) is 2.35. The summed E-state index contributed by atoms with van der Waals surface area (Å²) in [5.74, 6) is 0.298. The van der Waals surface area contributed by atoms with Crippen LogP contribution >= 0.6 is 0 Å². The molecule has 0 bridgehead atoms. The van der Waals surface area contributed by atoms with Gasteiger partial charge in [0.25, 0.3) is 0 Å². The highest BCUT2D eigenvalue weighted by molar-refractivity contribution is 5.72. The number of rotatable bonds is 5. The lowest BCUT2D eigenvalue weighted by atomic mass is 10.1. The molecular formula is C11H17N3O2. The normalized spacial score (nSPS) is 10.5. The van der Waals surface area contributed by atoms with Crippen LogP contribution < -0.4 is 4.90 Å². The van der Waals surface area contributed by atoms with Crippen LogP contribution in [0.5, 0.6) is 0 Å². The predicted octanol–water partition coefficient (Wildman–Crippen LogP) is 1.20. The van der Waals surface area contributed by atoms with E-state index < -0.39 is 5.97 Å². The molecule has 1 aromatic rings. The van der Waals surface area contributed by atoms with Crippen molar-refractivity contribution in [2.75, 3.05) is 18.5 Å². The van der Waals surface area contributed by atoms with Gasteiger partial charge in [0.1, 0.15) is 18.7 Å². The van der Waals surface area contributed by atoms with Gasteiger partial charge < -0.3 is 10.0 Å². The van der Waals surface area contributed by atoms with Crippen LogP contribution in [-0.4, -0.2) is 34.6 Å². The zero-order chi connectivity index (χ0) is 12.1. The molecule has 0 aliphatic heterocycles. The molecule has 0 saturated carbocycles. The molecule has 0 unspecified atom stereocenters. The van der Waals surface area contributed by atoms with Crippen molar-refractivity contribution in [3.8, 4) is 0 Å². The Morgan fingerprint density at radius 1 is 1.50 bits per heavy atom. The van der Waals surface area contributed by atoms with Crippen molar-refractivity contribution in [1.29, 1.82) is 0 Å². The third kappa shape index (κ3) is 3.84. The minimum Gasteiger partial charge on any atom is -0.480 e. The predicted molar refractivity (Wildman–Crippen MR) is 61.5 cm³/mol. The number of carboxylic acids is 1. The van der Waals surface area contributed by atoms with Gasteiger partial charge in [0.15, 0.2) is 0 Å². The van der Waals surface area contributed by atoms with Gasteiger partial charge in [-0.15, -0.1) is 0 Å². The van der Waals surface area contributed by atoms with Crippen LogP contribution in [0.4, 0.5) is 5.82 Å². The summed E-state index contributed by atoms with van der Waals surface area (Å²) in [6, 6.07) is 1.84. The van der Waals surface area contributed by atoms with Crippen LogP contribution in [0.1, 0.15) is 19.5 Å². The highest BCUT2D eigenvalue weighted by Gasteiger charge is 2.08. The number of nitrogens with zero attached hydrogens (tertiary/aromatic N) is 3. The average molecular weight is 223 g/mol. The van der Waals surface area contributed by atoms with Crippen molar-refractivity contribution in [2.45, 2.75) is 20.3 Å². The summed E-state index contributed by atoms with van der Waals surface area (Å²) >= 11 is 0. The van der Waals surface area contributed by atoms with Crippen LogP contribution in [0.2, 0.25) is 0 Å². The Labute approximate surface area is 95.1 Å². The fraction of sp³-hybridized carbons (Fsp3) is 0.545. The lowest BCUT2D eigenvalue weighted by Crippen LogP contribution is -2.26. The van der Waals surface area contributed by atoms with Crippen molar-refractivity contribution in [1.82, 2.24) is 9.97 Å². The first-order valence-corrected chi connectivity index (χ1v) is 5.23. The van der Waals surface area contributed by atoms with E-state index in [0.29, 0.717) is 11.7 Å². The van der Waals surface area contributed by atoms with E-state index in [-0.39, 0.29) is 6.54 Å². The Morgan fingerprint density at radius 3 is 2.75 bits per heavy atom. The molecule has 0 aliphatic carbocycles. The van der Waals surface area contributed by atoms with Gasteiger partial charge in [-0.2, -0.15) is 0 Å². The molecule has 0 aromatic carbocycles. The molecule has 0 radical (unpaired) electrons. The molecule has 0 atom stereocenters. The summed E-state index contributed by atoms with van der Waals surface area (Å²) in [5.41, 5.74) is 0.942. The molecule has 1 aromatic heterocycles. The third-order valence-corrected chi connectivity index (χ3v) is 2.09. The molecule has 0 aliphatic rings. The second kappa shape index (κ2) is 5.44. The molecule has 16 heavy (non-hydrogen) atoms. The number of aromatic nitrogens is 2. The van der Waals surface area contributed by atoms with E-state index in [4.69, 9.17) is 5.11 Å². The Hall–Kier alpha value is -1.65. The highest BCUT2D eigenvalue weighted by Crippen LogP contribution is 2.11. The van der Waals surface area contributed by atoms with Gasteiger partial charge in [-0.1, -0.05) is 13.8 Å². The van der Waals surface area contributed by atoms with Gasteiger partial charge in [-0.3, -0.25) is 4.79 Å². The van der Waals surface area contributed by atoms with Crippen LogP contribution in [0.3, 0.4) is 0 Å². The molecule has 0 saturated heterocycles. The summed E-state index contributed by atoms with van der Waals surface area (Å²) in [4.78, 5) is 20.4. The summed E-state index contributed by atoms with van der Waals surface area (Å²) < 4.78 is 0. The van der Waals surface area contributed by atoms with Crippen LogP contribution in [0, 0.1) is 5.92 Å². The quantitative estimate of drug-likeness (QED) is 0.812. The number of anilines is 1. The Morgan fingerprint density at radius 2 is 2.19 bits per heavy atom. The van der Waals surface area contributed by atoms with Gasteiger partial charge in [-0.25, -0.2) is 9.97 Å². The average Bonchev–Trinajstić information content (AvgIpc) is 2.16. The van der Waals surface area contributed by atoms with Crippen molar-refractivity contribution in [3.63, 3.8) is 0 Å². The SMILES string of the molecule is CC(C)Cc1cc(N(C)CC(=O)O)ncn1. The minimum absolute atomic E-state index is 0.0574. The summed E-state index contributed by atoms with van der Waals surface area (Å²) in [5, 5.41) is 8.67. The van der Waals surface area contributed by atoms with Gasteiger partial charge in [0.05, 0.1) is 0 Å². The van der Waals surface area contributed by atoms with E-state index >= 15 is 0 Å². The van der Waals surface area contributed by atoms with Crippen LogP contribution in [0.25, 0.3) is 0 Å². The number of carboxylic acid groups (broad SMARTS) is 1. The van der Waals surface area contributed by atoms with Crippen molar-refractivity contribution < 1.29 is 9.90 Å². The Kier molecular flexibility index (Phi) is 4.22. The third-order valence-electron chi connectivity index (χ3n) is 2.09. The fourth-order valence-electron chi connectivity index (χ4n) is 1.41. The van der Waals surface area contributed by atoms with Crippen LogP contribution in [-0.2, 0) is 11.2 Å². The van der Waals surface area contributed by atoms with Crippen molar-refractivity contribution >= 4 is 11.8 Å². The zero-order valence-electron chi connectivity index (χ0n) is 9.84. The molecular weight excluding hydrogens is 206 g/mol. The van der Waals surface area contributed by atoms with E-state index in [1.807, 2.05) is 6.07 Å². The summed E-state index contributed by atoms with van der Waals surface area (Å²) in [6.45, 7) is 4.17. The lowest BCUT2D eigenvalue weighted by Gasteiger charge is -2.16. The maximum atomic E-state index is 10.6. The summed E-state index contributed by atoms with van der Waals surface area (Å²) in [7, 11) is 1.70. The second-order valence-electron chi connectivity index (χ2n) is 4.22. The molecule has 1 N–H and O–H groups in total. The Balaban J connectivity index is 2.77. The van der Waals surface area contributed by atoms with E-state index in [2.05, 4.69) is 23.8 Å². The van der Waals surface area contributed by atoms with E-state index in [9.17, 15) is 4.79 Å². The monoisotopic (exact) mass is 223 g/mol. The van der Waals surface area contributed by atoms with Gasteiger partial charge in [0, 0.05) is 18.8 Å². The fourth-order valence-corrected chi connectivity index (χ4v) is 1.41. The molecule has 0 spiro atoms. The van der Waals surface area contributed by atoms with Gasteiger partial charge in [-0.05, 0) is 12.3 Å². The molecule has 5 nitrogen and oxygen atoms in total. The number of aliphatic carboxylic acids is 1. The lowest BCUT2D eigenvalue weighted by molar-refractivity contribution is -0.135. The minimum atomic E-state index is -0.869. The zero-order valence-corrected chi connectivity index (χ0v) is 9.84. The van der Waals surface area contributed by atoms with Gasteiger partial charge >= 0.3 is 5.97 Å². The van der Waals surface area contributed by atoms with E-state index in [1.54, 1.807) is 11.9 Å². The maximum Gasteiger partial charge on any atom is 0.323 e. The molecule has 0 amide bonds. The Bertz CT molecular complexity index is 366. The number of hydrogen-bond acceptors (Lipinski definition) is 4. The second-order valence-corrected chi connectivity index (χ2v) is 4.22. The number of hydrogen-bond donors (Lipinski definition) is 1. The van der Waals surface area contributed by atoms with E-state index in [1.165, 1.54) is 6.33 Å². The smallest absolute Gasteiger partial charge is 0.323 e. The van der Waals surface area contributed by atoms with Crippen molar-refractivity contribution in [3.05, 3.63) is 18.1 Å². The first-order valence-electron chi connectivity index (χ1n) is 5.23. The van der Waals surface area contributed by atoms with Crippen LogP contribution in [0.15, 0.2) is 12.4 Å². The topological polar surface area (TPSA) is 66.3 Å².